The third-order valence-electron chi connectivity index (χ3n) is 1.78. The average molecular weight is 175 g/mol. The minimum absolute atomic E-state index is 0.0405. The predicted octanol–water partition coefficient (Wildman–Crippen LogP) is 1.73. The number of hydrogen-bond donors (Lipinski definition) is 0. The molecular formula is C8H11ClO2. The maximum atomic E-state index is 11.1. The summed E-state index contributed by atoms with van der Waals surface area (Å²) in [6.45, 7) is 1.14. The average Bonchev–Trinajstić information content (AvgIpc) is 2.03. The second-order valence-electron chi connectivity index (χ2n) is 2.59. The number of Topliss-reactive ketones (excluding diaryl/α,β-unsaturated/α-hetero) is 1. The van der Waals surface area contributed by atoms with Gasteiger partial charge in [0.2, 0.25) is 0 Å². The van der Waals surface area contributed by atoms with Crippen LogP contribution in [0.1, 0.15) is 12.8 Å². The molecule has 0 aromatic heterocycles. The predicted molar refractivity (Wildman–Crippen MR) is 43.5 cm³/mol. The number of carbonyl (C=O) groups is 1. The lowest BCUT2D eigenvalue weighted by atomic mass is 9.97. The molecule has 0 aliphatic carbocycles. The molecule has 0 spiro atoms. The molecule has 1 saturated heterocycles. The van der Waals surface area contributed by atoms with Crippen LogP contribution in [0.25, 0.3) is 0 Å². The van der Waals surface area contributed by atoms with E-state index in [1.165, 1.54) is 5.54 Å². The van der Waals surface area contributed by atoms with Gasteiger partial charge in [-0.1, -0.05) is 17.7 Å². The monoisotopic (exact) mass is 174 g/mol. The van der Waals surface area contributed by atoms with Crippen molar-refractivity contribution in [2.75, 3.05) is 13.2 Å². The Morgan fingerprint density at radius 1 is 1.73 bits per heavy atom. The zero-order valence-corrected chi connectivity index (χ0v) is 7.01. The van der Waals surface area contributed by atoms with Gasteiger partial charge in [-0.05, 0) is 6.42 Å². The van der Waals surface area contributed by atoms with E-state index in [1.54, 1.807) is 6.08 Å². The largest absolute Gasteiger partial charge is 0.380 e. The van der Waals surface area contributed by atoms with E-state index in [0.717, 1.165) is 0 Å². The summed E-state index contributed by atoms with van der Waals surface area (Å²) in [7, 11) is 0. The number of hydrogen-bond acceptors (Lipinski definition) is 2. The summed E-state index contributed by atoms with van der Waals surface area (Å²) in [5, 5.41) is 0. The summed E-state index contributed by atoms with van der Waals surface area (Å²) in [5.74, 6) is 0.338. The Labute approximate surface area is 71.2 Å². The van der Waals surface area contributed by atoms with E-state index in [4.69, 9.17) is 16.3 Å². The lowest BCUT2D eigenvalue weighted by molar-refractivity contribution is -0.130. The lowest BCUT2D eigenvalue weighted by Gasteiger charge is -2.19. The standard InChI is InChI=1S/C8H11ClO2/c9-4-1-2-7-6-11-5-3-8(7)10/h1,4,7H,2-3,5-6H2/b4-1+. The quantitative estimate of drug-likeness (QED) is 0.638. The van der Waals surface area contributed by atoms with Crippen LogP contribution < -0.4 is 0 Å². The number of allylic oxidation sites excluding steroid dienone is 1. The summed E-state index contributed by atoms with van der Waals surface area (Å²) in [6.07, 6.45) is 3.06. The lowest BCUT2D eigenvalue weighted by Crippen LogP contribution is -2.26. The molecule has 1 unspecified atom stereocenters. The van der Waals surface area contributed by atoms with Crippen molar-refractivity contribution < 1.29 is 9.53 Å². The minimum Gasteiger partial charge on any atom is -0.380 e. The smallest absolute Gasteiger partial charge is 0.140 e. The van der Waals surface area contributed by atoms with Crippen LogP contribution in [0, 0.1) is 5.92 Å². The topological polar surface area (TPSA) is 26.3 Å². The molecule has 1 aliphatic rings. The first kappa shape index (κ1) is 8.75. The van der Waals surface area contributed by atoms with Crippen LogP contribution in [0.5, 0.6) is 0 Å². The SMILES string of the molecule is O=C1CCOCC1C/C=C/Cl. The Balaban J connectivity index is 2.35. The molecule has 0 radical (unpaired) electrons. The van der Waals surface area contributed by atoms with E-state index in [1.807, 2.05) is 0 Å². The number of rotatable bonds is 2. The second kappa shape index (κ2) is 4.52. The van der Waals surface area contributed by atoms with Crippen molar-refractivity contribution in [1.82, 2.24) is 0 Å². The number of carbonyl (C=O) groups excluding carboxylic acids is 1. The Morgan fingerprint density at radius 3 is 3.18 bits per heavy atom. The van der Waals surface area contributed by atoms with Crippen molar-refractivity contribution in [3.05, 3.63) is 11.6 Å². The highest BCUT2D eigenvalue weighted by Gasteiger charge is 2.20. The molecule has 0 bridgehead atoms. The first-order chi connectivity index (χ1) is 5.34. The van der Waals surface area contributed by atoms with Crippen molar-refractivity contribution in [3.8, 4) is 0 Å². The number of ether oxygens (including phenoxy) is 1. The van der Waals surface area contributed by atoms with Crippen molar-refractivity contribution in [1.29, 1.82) is 0 Å². The third kappa shape index (κ3) is 2.64. The van der Waals surface area contributed by atoms with Gasteiger partial charge in [-0.2, -0.15) is 0 Å². The molecule has 1 atom stereocenters. The van der Waals surface area contributed by atoms with Gasteiger partial charge in [0.05, 0.1) is 13.2 Å². The highest BCUT2D eigenvalue weighted by Crippen LogP contribution is 2.13. The normalized spacial score (nSPS) is 26.3. The Kier molecular flexibility index (Phi) is 3.60. The highest BCUT2D eigenvalue weighted by atomic mass is 35.5. The van der Waals surface area contributed by atoms with Crippen molar-refractivity contribution >= 4 is 17.4 Å². The molecule has 0 N–H and O–H groups in total. The summed E-state index contributed by atoms with van der Waals surface area (Å²) < 4.78 is 5.15. The molecule has 1 aliphatic heterocycles. The van der Waals surface area contributed by atoms with E-state index in [2.05, 4.69) is 0 Å². The van der Waals surface area contributed by atoms with Crippen molar-refractivity contribution in [2.45, 2.75) is 12.8 Å². The molecule has 0 saturated carbocycles. The number of halogens is 1. The van der Waals surface area contributed by atoms with Gasteiger partial charge in [0.15, 0.2) is 0 Å². The van der Waals surface area contributed by atoms with Crippen molar-refractivity contribution in [3.63, 3.8) is 0 Å². The van der Waals surface area contributed by atoms with E-state index >= 15 is 0 Å². The van der Waals surface area contributed by atoms with Gasteiger partial charge in [0.1, 0.15) is 5.78 Å². The third-order valence-corrected chi connectivity index (χ3v) is 1.96. The number of ketones is 1. The van der Waals surface area contributed by atoms with Gasteiger partial charge < -0.3 is 4.74 Å². The fraction of sp³-hybridized carbons (Fsp3) is 0.625. The summed E-state index contributed by atoms with van der Waals surface area (Å²) >= 11 is 5.34. The Bertz CT molecular complexity index is 165. The molecule has 1 fully saturated rings. The molecule has 62 valence electrons. The molecule has 2 nitrogen and oxygen atoms in total. The molecule has 11 heavy (non-hydrogen) atoms. The van der Waals surface area contributed by atoms with E-state index in [9.17, 15) is 4.79 Å². The molecule has 0 aromatic carbocycles. The first-order valence-corrected chi connectivity index (χ1v) is 4.14. The van der Waals surface area contributed by atoms with E-state index < -0.39 is 0 Å². The molecule has 0 amide bonds. The minimum atomic E-state index is 0.0405. The summed E-state index contributed by atoms with van der Waals surface area (Å²) in [6, 6.07) is 0. The van der Waals surface area contributed by atoms with Gasteiger partial charge in [-0.15, -0.1) is 0 Å². The van der Waals surface area contributed by atoms with Crippen LogP contribution in [0.4, 0.5) is 0 Å². The highest BCUT2D eigenvalue weighted by molar-refractivity contribution is 6.25. The van der Waals surface area contributed by atoms with Gasteiger partial charge in [0, 0.05) is 17.9 Å². The van der Waals surface area contributed by atoms with Crippen LogP contribution >= 0.6 is 11.6 Å². The van der Waals surface area contributed by atoms with Crippen LogP contribution in [0.2, 0.25) is 0 Å². The summed E-state index contributed by atoms with van der Waals surface area (Å²) in [4.78, 5) is 11.1. The Morgan fingerprint density at radius 2 is 2.55 bits per heavy atom. The maximum absolute atomic E-state index is 11.1. The molecular weight excluding hydrogens is 164 g/mol. The molecule has 1 heterocycles. The molecule has 3 heteroatoms. The zero-order valence-electron chi connectivity index (χ0n) is 6.25. The molecule has 1 rings (SSSR count). The van der Waals surface area contributed by atoms with Crippen LogP contribution in [0.15, 0.2) is 11.6 Å². The van der Waals surface area contributed by atoms with Crippen molar-refractivity contribution in [2.24, 2.45) is 5.92 Å². The van der Waals surface area contributed by atoms with Crippen LogP contribution in [-0.2, 0) is 9.53 Å². The van der Waals surface area contributed by atoms with E-state index in [0.29, 0.717) is 31.8 Å². The van der Waals surface area contributed by atoms with Gasteiger partial charge >= 0.3 is 0 Å². The van der Waals surface area contributed by atoms with Crippen LogP contribution in [-0.4, -0.2) is 19.0 Å². The van der Waals surface area contributed by atoms with Gasteiger partial charge in [-0.3, -0.25) is 4.79 Å². The molecule has 0 aromatic rings. The fourth-order valence-corrected chi connectivity index (χ4v) is 1.21. The zero-order chi connectivity index (χ0) is 8.10. The van der Waals surface area contributed by atoms with E-state index in [-0.39, 0.29) is 5.92 Å². The van der Waals surface area contributed by atoms with Gasteiger partial charge in [0.25, 0.3) is 0 Å². The maximum Gasteiger partial charge on any atom is 0.140 e. The first-order valence-electron chi connectivity index (χ1n) is 3.70. The Hall–Kier alpha value is -0.340. The second-order valence-corrected chi connectivity index (χ2v) is 2.84. The van der Waals surface area contributed by atoms with Gasteiger partial charge in [-0.25, -0.2) is 0 Å². The van der Waals surface area contributed by atoms with Crippen LogP contribution in [0.3, 0.4) is 0 Å². The summed E-state index contributed by atoms with van der Waals surface area (Å²) in [5.41, 5.74) is 1.45. The fourth-order valence-electron chi connectivity index (χ4n) is 1.11.